The summed E-state index contributed by atoms with van der Waals surface area (Å²) in [7, 11) is 0. The minimum Gasteiger partial charge on any atom is -0.423 e. The molecule has 0 saturated heterocycles. The Hall–Kier alpha value is -6.23. The highest BCUT2D eigenvalue weighted by Crippen LogP contribution is 2.43. The average molecular weight is 767 g/mol. The first kappa shape index (κ1) is 37.7. The van der Waals surface area contributed by atoms with Crippen molar-refractivity contribution >= 4 is 41.4 Å². The molecular weight excluding hydrogens is 725 g/mol. The van der Waals surface area contributed by atoms with Crippen molar-refractivity contribution in [3.8, 4) is 11.5 Å². The first-order valence-corrected chi connectivity index (χ1v) is 19.5. The van der Waals surface area contributed by atoms with Crippen LogP contribution in [0.3, 0.4) is 0 Å². The summed E-state index contributed by atoms with van der Waals surface area (Å²) in [5.74, 6) is -1.80. The van der Waals surface area contributed by atoms with Crippen LogP contribution < -0.4 is 14.8 Å². The van der Waals surface area contributed by atoms with Gasteiger partial charge in [0.15, 0.2) is 5.78 Å². The SMILES string of the molecule is CC1(C)CCC(CC2CCC(N3C(=O)c4ccc(C(=O)Oc5ccc(C(=O)c6ccc(OC(=O)c7ccc8c(c7)C(=O)NC8=O)cc6)cc5)cc4C3=O)CC2)CC1. The van der Waals surface area contributed by atoms with Gasteiger partial charge < -0.3 is 9.47 Å². The van der Waals surface area contributed by atoms with Gasteiger partial charge in [-0.05, 0) is 160 Å². The van der Waals surface area contributed by atoms with Crippen LogP contribution in [0, 0.1) is 17.3 Å². The van der Waals surface area contributed by atoms with E-state index in [0.29, 0.717) is 28.0 Å². The highest BCUT2D eigenvalue weighted by atomic mass is 16.5. The molecule has 1 N–H and O–H groups in total. The molecule has 2 aliphatic carbocycles. The zero-order valence-electron chi connectivity index (χ0n) is 31.8. The summed E-state index contributed by atoms with van der Waals surface area (Å²) in [5, 5.41) is 2.17. The summed E-state index contributed by atoms with van der Waals surface area (Å²) < 4.78 is 11.0. The Morgan fingerprint density at radius 1 is 0.579 bits per heavy atom. The number of ether oxygens (including phenoxy) is 2. The van der Waals surface area contributed by atoms with Crippen molar-refractivity contribution in [3.05, 3.63) is 129 Å². The Bertz CT molecular complexity index is 2330. The molecule has 2 fully saturated rings. The van der Waals surface area contributed by atoms with Gasteiger partial charge in [-0.2, -0.15) is 0 Å². The second-order valence-corrected chi connectivity index (χ2v) is 16.5. The molecule has 57 heavy (non-hydrogen) atoms. The number of hydrogen-bond acceptors (Lipinski definition) is 9. The van der Waals surface area contributed by atoms with Crippen molar-refractivity contribution in [2.75, 3.05) is 0 Å². The maximum atomic E-state index is 13.6. The van der Waals surface area contributed by atoms with Gasteiger partial charge in [0.25, 0.3) is 23.6 Å². The molecule has 2 saturated carbocycles. The number of rotatable bonds is 9. The monoisotopic (exact) mass is 766 g/mol. The number of ketones is 1. The van der Waals surface area contributed by atoms with Gasteiger partial charge >= 0.3 is 11.9 Å². The predicted octanol–water partition coefficient (Wildman–Crippen LogP) is 8.00. The van der Waals surface area contributed by atoms with Crippen LogP contribution in [-0.2, 0) is 0 Å². The zero-order valence-corrected chi connectivity index (χ0v) is 31.8. The fraction of sp³-hybridized carbons (Fsp3) is 0.326. The molecule has 290 valence electrons. The van der Waals surface area contributed by atoms with Gasteiger partial charge in [0.05, 0.1) is 33.4 Å². The second-order valence-electron chi connectivity index (χ2n) is 16.5. The lowest BCUT2D eigenvalue weighted by molar-refractivity contribution is 0.0517. The fourth-order valence-corrected chi connectivity index (χ4v) is 8.67. The summed E-state index contributed by atoms with van der Waals surface area (Å²) in [5.41, 5.74) is 2.08. The molecular formula is C46H42N2O9. The molecule has 11 heteroatoms. The number of nitrogens with one attached hydrogen (secondary N) is 1. The Balaban J connectivity index is 0.842. The minimum absolute atomic E-state index is 0.0857. The summed E-state index contributed by atoms with van der Waals surface area (Å²) in [4.78, 5) is 91.2. The molecule has 0 radical (unpaired) electrons. The molecule has 4 amide bonds. The molecule has 0 aromatic heterocycles. The van der Waals surface area contributed by atoms with Gasteiger partial charge in [-0.1, -0.05) is 13.8 Å². The summed E-state index contributed by atoms with van der Waals surface area (Å²) in [6, 6.07) is 20.3. The molecule has 0 unspecified atom stereocenters. The van der Waals surface area contributed by atoms with Crippen LogP contribution in [0.4, 0.5) is 0 Å². The number of fused-ring (bicyclic) bond motifs is 2. The van der Waals surface area contributed by atoms with Crippen molar-refractivity contribution in [3.63, 3.8) is 0 Å². The zero-order chi connectivity index (χ0) is 40.0. The van der Waals surface area contributed by atoms with Crippen molar-refractivity contribution in [1.82, 2.24) is 10.2 Å². The number of nitrogens with zero attached hydrogens (tertiary/aromatic N) is 1. The third-order valence-corrected chi connectivity index (χ3v) is 12.1. The van der Waals surface area contributed by atoms with Gasteiger partial charge in [-0.15, -0.1) is 0 Å². The number of carbonyl (C=O) groups is 7. The maximum absolute atomic E-state index is 13.6. The lowest BCUT2D eigenvalue weighted by Gasteiger charge is -2.38. The molecule has 4 aromatic carbocycles. The molecule has 0 atom stereocenters. The van der Waals surface area contributed by atoms with Crippen LogP contribution in [0.2, 0.25) is 0 Å². The second kappa shape index (κ2) is 15.0. The fourth-order valence-electron chi connectivity index (χ4n) is 8.67. The largest absolute Gasteiger partial charge is 0.423 e. The van der Waals surface area contributed by atoms with E-state index >= 15 is 0 Å². The Labute approximate surface area is 329 Å². The van der Waals surface area contributed by atoms with Crippen LogP contribution in [0.5, 0.6) is 11.5 Å². The summed E-state index contributed by atoms with van der Waals surface area (Å²) >= 11 is 0. The summed E-state index contributed by atoms with van der Waals surface area (Å²) in [6.07, 6.45) is 9.99. The van der Waals surface area contributed by atoms with E-state index in [0.717, 1.165) is 31.6 Å². The van der Waals surface area contributed by atoms with Gasteiger partial charge in [0.1, 0.15) is 11.5 Å². The van der Waals surface area contributed by atoms with Crippen LogP contribution in [0.1, 0.15) is 150 Å². The Kier molecular flexibility index (Phi) is 9.93. The average Bonchev–Trinajstić information content (AvgIpc) is 3.64. The number of imide groups is 2. The predicted molar refractivity (Wildman–Crippen MR) is 208 cm³/mol. The number of benzene rings is 4. The van der Waals surface area contributed by atoms with E-state index in [1.54, 1.807) is 0 Å². The van der Waals surface area contributed by atoms with Crippen molar-refractivity contribution in [2.45, 2.75) is 77.7 Å². The molecule has 4 aliphatic rings. The molecule has 0 bridgehead atoms. The first-order chi connectivity index (χ1) is 27.3. The third kappa shape index (κ3) is 7.66. The van der Waals surface area contributed by atoms with E-state index in [1.165, 1.54) is 122 Å². The number of hydrogen-bond donors (Lipinski definition) is 1. The van der Waals surface area contributed by atoms with Gasteiger partial charge in [0.2, 0.25) is 0 Å². The standard InChI is InChI=1S/C46H42N2O9/c1-46(2)21-19-27(20-22-46)23-26-3-11-32(12-4-26)48-42(52)36-18-10-31(25-38(36)43(48)53)45(55)57-34-15-7-29(8-16-34)39(49)28-5-13-33(14-6-28)56-44(54)30-9-17-35-37(24-30)41(51)47-40(35)50/h5-10,13-18,24-27,32H,3-4,11-12,19-23H2,1-2H3,(H,47,50,51). The molecule has 2 heterocycles. The van der Waals surface area contributed by atoms with E-state index in [2.05, 4.69) is 19.2 Å². The van der Waals surface area contributed by atoms with Crippen molar-refractivity contribution < 1.29 is 43.0 Å². The van der Waals surface area contributed by atoms with E-state index in [1.807, 2.05) is 0 Å². The number of esters is 2. The lowest BCUT2D eigenvalue weighted by Crippen LogP contribution is -2.42. The molecule has 8 rings (SSSR count). The van der Waals surface area contributed by atoms with Crippen LogP contribution in [-0.4, -0.2) is 52.3 Å². The summed E-state index contributed by atoms with van der Waals surface area (Å²) in [6.45, 7) is 4.72. The molecule has 11 nitrogen and oxygen atoms in total. The smallest absolute Gasteiger partial charge is 0.343 e. The van der Waals surface area contributed by atoms with Crippen LogP contribution in [0.15, 0.2) is 84.9 Å². The normalized spacial score (nSPS) is 20.1. The number of carbonyl (C=O) groups excluding carboxylic acids is 7. The van der Waals surface area contributed by atoms with Gasteiger partial charge in [-0.3, -0.25) is 34.2 Å². The topological polar surface area (TPSA) is 153 Å². The Morgan fingerprint density at radius 3 is 1.60 bits per heavy atom. The maximum Gasteiger partial charge on any atom is 0.343 e. The van der Waals surface area contributed by atoms with Gasteiger partial charge in [-0.25, -0.2) is 9.59 Å². The van der Waals surface area contributed by atoms with Crippen LogP contribution in [0.25, 0.3) is 0 Å². The molecule has 4 aromatic rings. The molecule has 0 spiro atoms. The van der Waals surface area contributed by atoms with E-state index in [-0.39, 0.29) is 63.0 Å². The Morgan fingerprint density at radius 2 is 1.04 bits per heavy atom. The van der Waals surface area contributed by atoms with Gasteiger partial charge in [0, 0.05) is 17.2 Å². The highest BCUT2D eigenvalue weighted by Gasteiger charge is 2.42. The van der Waals surface area contributed by atoms with Crippen molar-refractivity contribution in [1.29, 1.82) is 0 Å². The quantitative estimate of drug-likeness (QED) is 0.0773. The molecule has 2 aliphatic heterocycles. The van der Waals surface area contributed by atoms with E-state index in [9.17, 15) is 33.6 Å². The third-order valence-electron chi connectivity index (χ3n) is 12.1. The van der Waals surface area contributed by atoms with Crippen LogP contribution >= 0.6 is 0 Å². The number of amides is 4. The van der Waals surface area contributed by atoms with Crippen molar-refractivity contribution in [2.24, 2.45) is 17.3 Å². The minimum atomic E-state index is -0.738. The highest BCUT2D eigenvalue weighted by molar-refractivity contribution is 6.23. The van der Waals surface area contributed by atoms with E-state index < -0.39 is 23.8 Å². The lowest BCUT2D eigenvalue weighted by atomic mass is 9.69. The first-order valence-electron chi connectivity index (χ1n) is 19.5. The van der Waals surface area contributed by atoms with E-state index in [4.69, 9.17) is 9.47 Å².